The van der Waals surface area contributed by atoms with Gasteiger partial charge in [-0.2, -0.15) is 0 Å². The van der Waals surface area contributed by atoms with Gasteiger partial charge < -0.3 is 14.2 Å². The third kappa shape index (κ3) is 3.79. The number of hydrogen-bond donors (Lipinski definition) is 0. The van der Waals surface area contributed by atoms with E-state index in [0.717, 1.165) is 0 Å². The molecule has 2 atom stereocenters. The summed E-state index contributed by atoms with van der Waals surface area (Å²) >= 11 is 0. The fourth-order valence-electron chi connectivity index (χ4n) is 1.49. The lowest BCUT2D eigenvalue weighted by Crippen LogP contribution is -2.29. The normalized spacial score (nSPS) is 21.6. The van der Waals surface area contributed by atoms with E-state index >= 15 is 0 Å². The molecule has 5 nitrogen and oxygen atoms in total. The van der Waals surface area contributed by atoms with E-state index in [1.54, 1.807) is 45.0 Å². The van der Waals surface area contributed by atoms with Crippen LogP contribution in [0.2, 0.25) is 0 Å². The van der Waals surface area contributed by atoms with Gasteiger partial charge in [-0.25, -0.2) is 9.59 Å². The van der Waals surface area contributed by atoms with Crippen LogP contribution in [0.3, 0.4) is 0 Å². The summed E-state index contributed by atoms with van der Waals surface area (Å²) in [4.78, 5) is 23.3. The van der Waals surface area contributed by atoms with Crippen molar-refractivity contribution < 1.29 is 23.8 Å². The molecule has 1 aliphatic heterocycles. The van der Waals surface area contributed by atoms with Gasteiger partial charge in [0.2, 0.25) is 0 Å². The molecule has 0 spiro atoms. The second-order valence-electron chi connectivity index (χ2n) is 5.24. The minimum atomic E-state index is -0.866. The first kappa shape index (κ1) is 13.5. The van der Waals surface area contributed by atoms with E-state index in [1.165, 1.54) is 0 Å². The highest BCUT2D eigenvalue weighted by molar-refractivity contribution is 5.91. The molecule has 0 bridgehead atoms. The zero-order valence-corrected chi connectivity index (χ0v) is 11.1. The molecule has 1 aromatic carbocycles. The van der Waals surface area contributed by atoms with E-state index in [4.69, 9.17) is 14.2 Å². The zero-order chi connectivity index (χ0) is 14.0. The largest absolute Gasteiger partial charge is 0.458 e. The van der Waals surface area contributed by atoms with E-state index in [0.29, 0.717) is 5.75 Å². The number of esters is 2. The van der Waals surface area contributed by atoms with Crippen molar-refractivity contribution in [3.05, 3.63) is 30.3 Å². The maximum Gasteiger partial charge on any atom is 0.344 e. The molecule has 19 heavy (non-hydrogen) atoms. The van der Waals surface area contributed by atoms with Crippen LogP contribution in [0.15, 0.2) is 30.3 Å². The van der Waals surface area contributed by atoms with E-state index in [2.05, 4.69) is 0 Å². The monoisotopic (exact) mass is 264 g/mol. The highest BCUT2D eigenvalue weighted by Gasteiger charge is 2.53. The molecule has 0 aromatic heterocycles. The van der Waals surface area contributed by atoms with Gasteiger partial charge in [0.05, 0.1) is 0 Å². The van der Waals surface area contributed by atoms with Crippen LogP contribution >= 0.6 is 0 Å². The number of rotatable bonds is 3. The fourth-order valence-corrected chi connectivity index (χ4v) is 1.49. The van der Waals surface area contributed by atoms with Gasteiger partial charge in [-0.3, -0.25) is 0 Å². The van der Waals surface area contributed by atoms with Crippen molar-refractivity contribution in [2.75, 3.05) is 0 Å². The summed E-state index contributed by atoms with van der Waals surface area (Å²) in [5, 5.41) is 0. The molecule has 1 saturated heterocycles. The quantitative estimate of drug-likeness (QED) is 0.472. The number of hydrogen-bond acceptors (Lipinski definition) is 5. The molecule has 0 N–H and O–H groups in total. The van der Waals surface area contributed by atoms with Gasteiger partial charge in [0.25, 0.3) is 0 Å². The molecule has 5 heteroatoms. The lowest BCUT2D eigenvalue weighted by atomic mass is 10.2. The first-order valence-electron chi connectivity index (χ1n) is 6.02. The van der Waals surface area contributed by atoms with Crippen LogP contribution in [0, 0.1) is 0 Å². The minimum absolute atomic E-state index is 0.422. The van der Waals surface area contributed by atoms with Crippen molar-refractivity contribution >= 4 is 11.9 Å². The third-order valence-electron chi connectivity index (χ3n) is 2.32. The predicted octanol–water partition coefficient (Wildman–Crippen LogP) is 1.70. The summed E-state index contributed by atoms with van der Waals surface area (Å²) < 4.78 is 15.2. The molecule has 1 aliphatic rings. The van der Waals surface area contributed by atoms with Crippen LogP contribution in [0.25, 0.3) is 0 Å². The Morgan fingerprint density at radius 1 is 1.05 bits per heavy atom. The number of para-hydroxylation sites is 1. The molecule has 1 fully saturated rings. The molecule has 1 aromatic rings. The summed E-state index contributed by atoms with van der Waals surface area (Å²) in [6.07, 6.45) is -1.72. The zero-order valence-electron chi connectivity index (χ0n) is 11.1. The van der Waals surface area contributed by atoms with Gasteiger partial charge in [0.1, 0.15) is 11.4 Å². The first-order chi connectivity index (χ1) is 8.87. The summed E-state index contributed by atoms with van der Waals surface area (Å²) in [6.45, 7) is 5.26. The minimum Gasteiger partial charge on any atom is -0.458 e. The lowest BCUT2D eigenvalue weighted by Gasteiger charge is -2.18. The van der Waals surface area contributed by atoms with Crippen molar-refractivity contribution in [3.63, 3.8) is 0 Å². The third-order valence-corrected chi connectivity index (χ3v) is 2.32. The topological polar surface area (TPSA) is 65.1 Å². The maximum absolute atomic E-state index is 11.7. The van der Waals surface area contributed by atoms with Gasteiger partial charge in [-0.15, -0.1) is 0 Å². The van der Waals surface area contributed by atoms with Crippen LogP contribution in [0.1, 0.15) is 20.8 Å². The van der Waals surface area contributed by atoms with Crippen LogP contribution in [0.5, 0.6) is 5.75 Å². The number of carbonyl (C=O) groups is 2. The molecular formula is C14H16O5. The lowest BCUT2D eigenvalue weighted by molar-refractivity contribution is -0.156. The molecule has 0 amide bonds. The number of carbonyl (C=O) groups excluding carboxylic acids is 2. The first-order valence-corrected chi connectivity index (χ1v) is 6.02. The Morgan fingerprint density at radius 3 is 2.21 bits per heavy atom. The Hall–Kier alpha value is -1.88. The second kappa shape index (κ2) is 5.01. The summed E-state index contributed by atoms with van der Waals surface area (Å²) in [5.41, 5.74) is -0.600. The van der Waals surface area contributed by atoms with Crippen LogP contribution < -0.4 is 4.74 Å². The standard InChI is InChI=1S/C14H16O5/c1-14(2,3)19-13(16)11-10(18-11)12(15)17-9-7-5-4-6-8-9/h4-8,10-11H,1-3H3/t10-,11-/m1/s1. The van der Waals surface area contributed by atoms with Crippen molar-refractivity contribution in [3.8, 4) is 5.75 Å². The highest BCUT2D eigenvalue weighted by Crippen LogP contribution is 2.27. The van der Waals surface area contributed by atoms with Crippen LogP contribution in [-0.2, 0) is 19.1 Å². The Bertz CT molecular complexity index is 474. The number of benzene rings is 1. The van der Waals surface area contributed by atoms with Gasteiger partial charge in [0.15, 0.2) is 12.2 Å². The Balaban J connectivity index is 1.86. The van der Waals surface area contributed by atoms with Crippen molar-refractivity contribution in [1.29, 1.82) is 0 Å². The van der Waals surface area contributed by atoms with Crippen LogP contribution in [0.4, 0.5) is 0 Å². The van der Waals surface area contributed by atoms with E-state index in [-0.39, 0.29) is 0 Å². The molecular weight excluding hydrogens is 248 g/mol. The Morgan fingerprint density at radius 2 is 1.63 bits per heavy atom. The van der Waals surface area contributed by atoms with Crippen LogP contribution in [-0.4, -0.2) is 29.7 Å². The molecule has 0 radical (unpaired) electrons. The van der Waals surface area contributed by atoms with E-state index in [9.17, 15) is 9.59 Å². The van der Waals surface area contributed by atoms with Gasteiger partial charge in [0, 0.05) is 0 Å². The average Bonchev–Trinajstić information content (AvgIpc) is 3.08. The molecule has 102 valence electrons. The molecule has 0 saturated carbocycles. The Labute approximate surface area is 111 Å². The van der Waals surface area contributed by atoms with Crippen molar-refractivity contribution in [2.24, 2.45) is 0 Å². The summed E-state index contributed by atoms with van der Waals surface area (Å²) in [7, 11) is 0. The number of epoxide rings is 1. The highest BCUT2D eigenvalue weighted by atomic mass is 16.7. The summed E-state index contributed by atoms with van der Waals surface area (Å²) in [5.74, 6) is -0.699. The van der Waals surface area contributed by atoms with E-state index in [1.807, 2.05) is 6.07 Å². The SMILES string of the molecule is CC(C)(C)OC(=O)[C@@H]1O[C@H]1C(=O)Oc1ccccc1. The average molecular weight is 264 g/mol. The molecule has 0 aliphatic carbocycles. The number of ether oxygens (including phenoxy) is 3. The predicted molar refractivity (Wildman–Crippen MR) is 66.6 cm³/mol. The van der Waals surface area contributed by atoms with Crippen molar-refractivity contribution in [1.82, 2.24) is 0 Å². The summed E-state index contributed by atoms with van der Waals surface area (Å²) in [6, 6.07) is 8.63. The maximum atomic E-state index is 11.7. The smallest absolute Gasteiger partial charge is 0.344 e. The Kier molecular flexibility index (Phi) is 3.57. The van der Waals surface area contributed by atoms with E-state index < -0.39 is 29.7 Å². The molecule has 1 heterocycles. The fraction of sp³-hybridized carbons (Fsp3) is 0.429. The second-order valence-corrected chi connectivity index (χ2v) is 5.24. The molecule has 2 rings (SSSR count). The van der Waals surface area contributed by atoms with Gasteiger partial charge in [-0.1, -0.05) is 18.2 Å². The van der Waals surface area contributed by atoms with Gasteiger partial charge >= 0.3 is 11.9 Å². The molecule has 0 unspecified atom stereocenters. The van der Waals surface area contributed by atoms with Crippen molar-refractivity contribution in [2.45, 2.75) is 38.6 Å². The van der Waals surface area contributed by atoms with Gasteiger partial charge in [-0.05, 0) is 32.9 Å².